The van der Waals surface area contributed by atoms with Crippen molar-refractivity contribution in [1.82, 2.24) is 14.5 Å². The minimum atomic E-state index is -3.69. The van der Waals surface area contributed by atoms with E-state index in [1.54, 1.807) is 4.90 Å². The normalized spacial score (nSPS) is 22.6. The molecule has 6 nitrogen and oxygen atoms in total. The lowest BCUT2D eigenvalue weighted by Crippen LogP contribution is -2.57. The summed E-state index contributed by atoms with van der Waals surface area (Å²) in [5.41, 5.74) is 0. The average molecular weight is 429 g/mol. The SMILES string of the molecule is Cl.O=C1CNCCN1C1CCCN(S(=O)(=O)c2cc(Cl)cc(Cl)c2)C1. The second-order valence-electron chi connectivity index (χ2n) is 6.03. The number of piperazine rings is 1. The number of hydrogen-bond donors (Lipinski definition) is 1. The summed E-state index contributed by atoms with van der Waals surface area (Å²) in [6, 6.07) is 4.23. The van der Waals surface area contributed by atoms with Crippen LogP contribution in [-0.4, -0.2) is 62.3 Å². The zero-order valence-corrected chi connectivity index (χ0v) is 16.6. The van der Waals surface area contributed by atoms with Crippen molar-refractivity contribution in [2.75, 3.05) is 32.7 Å². The summed E-state index contributed by atoms with van der Waals surface area (Å²) in [6.07, 6.45) is 1.53. The van der Waals surface area contributed by atoms with Crippen LogP contribution in [0.3, 0.4) is 0 Å². The first-order chi connectivity index (χ1) is 11.4. The van der Waals surface area contributed by atoms with Gasteiger partial charge in [0.15, 0.2) is 0 Å². The molecule has 25 heavy (non-hydrogen) atoms. The molecular formula is C15H20Cl3N3O3S. The zero-order chi connectivity index (χ0) is 17.3. The molecule has 3 rings (SSSR count). The number of hydrogen-bond acceptors (Lipinski definition) is 4. The third-order valence-electron chi connectivity index (χ3n) is 4.40. The van der Waals surface area contributed by atoms with Gasteiger partial charge in [-0.1, -0.05) is 23.2 Å². The summed E-state index contributed by atoms with van der Waals surface area (Å²) in [5.74, 6) is 0.0243. The van der Waals surface area contributed by atoms with Crippen molar-refractivity contribution in [3.8, 4) is 0 Å². The molecule has 2 aliphatic rings. The molecule has 10 heteroatoms. The maximum Gasteiger partial charge on any atom is 0.243 e. The van der Waals surface area contributed by atoms with Gasteiger partial charge in [0, 0.05) is 42.3 Å². The van der Waals surface area contributed by atoms with Gasteiger partial charge in [-0.25, -0.2) is 8.42 Å². The molecule has 0 aromatic heterocycles. The lowest BCUT2D eigenvalue weighted by atomic mass is 10.1. The van der Waals surface area contributed by atoms with Crippen molar-refractivity contribution in [2.45, 2.75) is 23.8 Å². The number of nitrogens with one attached hydrogen (secondary N) is 1. The Morgan fingerprint density at radius 2 is 1.80 bits per heavy atom. The van der Waals surface area contributed by atoms with E-state index in [0.29, 0.717) is 26.2 Å². The molecule has 0 aliphatic carbocycles. The summed E-state index contributed by atoms with van der Waals surface area (Å²) in [6.45, 7) is 2.40. The van der Waals surface area contributed by atoms with Crippen LogP contribution in [-0.2, 0) is 14.8 Å². The van der Waals surface area contributed by atoms with E-state index in [4.69, 9.17) is 23.2 Å². The van der Waals surface area contributed by atoms with Gasteiger partial charge in [-0.2, -0.15) is 4.31 Å². The van der Waals surface area contributed by atoms with Crippen molar-refractivity contribution in [3.05, 3.63) is 28.2 Å². The number of piperidine rings is 1. The second-order valence-corrected chi connectivity index (χ2v) is 8.84. The predicted molar refractivity (Wildman–Crippen MR) is 100 cm³/mol. The molecule has 0 bridgehead atoms. The molecule has 1 N–H and O–H groups in total. The molecule has 1 atom stereocenters. The summed E-state index contributed by atoms with van der Waals surface area (Å²) < 4.78 is 27.2. The number of carbonyl (C=O) groups excluding carboxylic acids is 1. The van der Waals surface area contributed by atoms with Gasteiger partial charge in [0.1, 0.15) is 0 Å². The monoisotopic (exact) mass is 427 g/mol. The first-order valence-electron chi connectivity index (χ1n) is 7.84. The van der Waals surface area contributed by atoms with E-state index in [9.17, 15) is 13.2 Å². The van der Waals surface area contributed by atoms with Crippen molar-refractivity contribution in [3.63, 3.8) is 0 Å². The average Bonchev–Trinajstić information content (AvgIpc) is 2.54. The van der Waals surface area contributed by atoms with Crippen LogP contribution < -0.4 is 5.32 Å². The molecule has 2 aliphatic heterocycles. The van der Waals surface area contributed by atoms with E-state index < -0.39 is 10.0 Å². The molecule has 1 unspecified atom stereocenters. The highest BCUT2D eigenvalue weighted by molar-refractivity contribution is 7.89. The minimum absolute atomic E-state index is 0. The Labute approximate surface area is 163 Å². The van der Waals surface area contributed by atoms with Gasteiger partial charge >= 0.3 is 0 Å². The van der Waals surface area contributed by atoms with Crippen LogP contribution in [0, 0.1) is 0 Å². The highest BCUT2D eigenvalue weighted by atomic mass is 35.5. The number of halogens is 3. The van der Waals surface area contributed by atoms with Gasteiger partial charge in [0.25, 0.3) is 0 Å². The smallest absolute Gasteiger partial charge is 0.243 e. The number of benzene rings is 1. The predicted octanol–water partition coefficient (Wildman–Crippen LogP) is 2.00. The number of rotatable bonds is 3. The van der Waals surface area contributed by atoms with E-state index in [1.807, 2.05) is 0 Å². The fraction of sp³-hybridized carbons (Fsp3) is 0.533. The summed E-state index contributed by atoms with van der Waals surface area (Å²) in [4.78, 5) is 14.0. The summed E-state index contributed by atoms with van der Waals surface area (Å²) in [5, 5.41) is 3.60. The molecule has 140 valence electrons. The fourth-order valence-electron chi connectivity index (χ4n) is 3.23. The van der Waals surface area contributed by atoms with Crippen molar-refractivity contribution in [1.29, 1.82) is 0 Å². The number of amides is 1. The van der Waals surface area contributed by atoms with Gasteiger partial charge in [0.05, 0.1) is 11.4 Å². The fourth-order valence-corrected chi connectivity index (χ4v) is 5.47. The van der Waals surface area contributed by atoms with Crippen LogP contribution in [0.1, 0.15) is 12.8 Å². The largest absolute Gasteiger partial charge is 0.336 e. The third kappa shape index (κ3) is 4.59. The van der Waals surface area contributed by atoms with E-state index in [1.165, 1.54) is 22.5 Å². The van der Waals surface area contributed by atoms with Gasteiger partial charge in [-0.15, -0.1) is 12.4 Å². The molecule has 2 fully saturated rings. The Bertz CT molecular complexity index is 725. The standard InChI is InChI=1S/C15H19Cl2N3O3S.ClH/c16-11-6-12(17)8-14(7-11)24(22,23)19-4-1-2-13(10-19)20-5-3-18-9-15(20)21;/h6-8,13,18H,1-5,9-10H2;1H. The van der Waals surface area contributed by atoms with Crippen LogP contribution in [0.25, 0.3) is 0 Å². The minimum Gasteiger partial charge on any atom is -0.336 e. The van der Waals surface area contributed by atoms with Gasteiger partial charge < -0.3 is 10.2 Å². The lowest BCUT2D eigenvalue weighted by molar-refractivity contribution is -0.135. The molecule has 1 amide bonds. The number of sulfonamides is 1. The summed E-state index contributed by atoms with van der Waals surface area (Å²) >= 11 is 11.9. The van der Waals surface area contributed by atoms with Crippen molar-refractivity contribution >= 4 is 51.5 Å². The Balaban J connectivity index is 0.00000225. The quantitative estimate of drug-likeness (QED) is 0.799. The van der Waals surface area contributed by atoms with E-state index >= 15 is 0 Å². The van der Waals surface area contributed by atoms with Crippen LogP contribution in [0.4, 0.5) is 0 Å². The number of nitrogens with zero attached hydrogens (tertiary/aromatic N) is 2. The van der Waals surface area contributed by atoms with Crippen LogP contribution in [0.5, 0.6) is 0 Å². The lowest BCUT2D eigenvalue weighted by Gasteiger charge is -2.40. The highest BCUT2D eigenvalue weighted by Crippen LogP contribution is 2.27. The van der Waals surface area contributed by atoms with Crippen LogP contribution in [0.2, 0.25) is 10.0 Å². The van der Waals surface area contributed by atoms with Crippen LogP contribution >= 0.6 is 35.6 Å². The highest BCUT2D eigenvalue weighted by Gasteiger charge is 2.35. The molecule has 0 saturated carbocycles. The second kappa shape index (κ2) is 8.41. The molecule has 1 aromatic carbocycles. The maximum absolute atomic E-state index is 12.9. The van der Waals surface area contributed by atoms with E-state index in [2.05, 4.69) is 5.32 Å². The topological polar surface area (TPSA) is 69.7 Å². The Kier molecular flexibility index (Phi) is 6.98. The van der Waals surface area contributed by atoms with Crippen molar-refractivity contribution in [2.24, 2.45) is 0 Å². The van der Waals surface area contributed by atoms with E-state index in [-0.39, 0.29) is 39.3 Å². The first-order valence-corrected chi connectivity index (χ1v) is 10.0. The van der Waals surface area contributed by atoms with Gasteiger partial charge in [-0.05, 0) is 31.0 Å². The maximum atomic E-state index is 12.9. The number of carbonyl (C=O) groups is 1. The zero-order valence-electron chi connectivity index (χ0n) is 13.5. The molecule has 1 aromatic rings. The Morgan fingerprint density at radius 1 is 1.12 bits per heavy atom. The van der Waals surface area contributed by atoms with Crippen molar-refractivity contribution < 1.29 is 13.2 Å². The Hall–Kier alpha value is -0.570. The Morgan fingerprint density at radius 3 is 2.44 bits per heavy atom. The van der Waals surface area contributed by atoms with Gasteiger partial charge in [0.2, 0.25) is 15.9 Å². The molecule has 0 spiro atoms. The van der Waals surface area contributed by atoms with E-state index in [0.717, 1.165) is 19.4 Å². The molecule has 0 radical (unpaired) electrons. The molecule has 2 saturated heterocycles. The third-order valence-corrected chi connectivity index (χ3v) is 6.68. The molecular weight excluding hydrogens is 409 g/mol. The summed E-state index contributed by atoms with van der Waals surface area (Å²) in [7, 11) is -3.69. The van der Waals surface area contributed by atoms with Crippen LogP contribution in [0.15, 0.2) is 23.1 Å². The van der Waals surface area contributed by atoms with Gasteiger partial charge in [-0.3, -0.25) is 4.79 Å². The molecule has 2 heterocycles. The first kappa shape index (κ1) is 20.7.